The molecule has 0 saturated carbocycles. The van der Waals surface area contributed by atoms with E-state index in [4.69, 9.17) is 14.2 Å². The van der Waals surface area contributed by atoms with E-state index in [9.17, 15) is 14.4 Å². The summed E-state index contributed by atoms with van der Waals surface area (Å²) in [6, 6.07) is 25.8. The number of benzene rings is 4. The molecule has 0 aromatic heterocycles. The van der Waals surface area contributed by atoms with Crippen molar-refractivity contribution in [1.29, 1.82) is 0 Å². The third-order valence-electron chi connectivity index (χ3n) is 7.28. The highest BCUT2D eigenvalue weighted by atomic mass is 79.9. The first-order valence-corrected chi connectivity index (χ1v) is 17.4. The third-order valence-corrected chi connectivity index (χ3v) is 7.97. The Morgan fingerprint density at radius 1 is 0.549 bits per heavy atom. The molecule has 4 aromatic carbocycles. The Morgan fingerprint density at radius 2 is 0.961 bits per heavy atom. The van der Waals surface area contributed by atoms with Crippen LogP contribution in [0.2, 0.25) is 0 Å². The zero-order chi connectivity index (χ0) is 38.1. The molecule has 4 rings (SSSR count). The van der Waals surface area contributed by atoms with E-state index in [1.54, 1.807) is 59.3 Å². The van der Waals surface area contributed by atoms with Crippen molar-refractivity contribution >= 4 is 62.0 Å². The van der Waals surface area contributed by atoms with Gasteiger partial charge in [0.2, 0.25) is 0 Å². The molecular formula is C41H50BrN3O6. The molecule has 0 atom stereocenters. The van der Waals surface area contributed by atoms with Crippen molar-refractivity contribution in [3.63, 3.8) is 0 Å². The highest BCUT2D eigenvalue weighted by Crippen LogP contribution is 2.35. The number of methoxy groups -OCH3 is 2. The van der Waals surface area contributed by atoms with Crippen molar-refractivity contribution in [1.82, 2.24) is 0 Å². The lowest BCUT2D eigenvalue weighted by molar-refractivity contribution is 0.0635. The summed E-state index contributed by atoms with van der Waals surface area (Å²) in [6.45, 7) is 16.8. The molecule has 0 aliphatic heterocycles. The molecule has 0 aliphatic rings. The summed E-state index contributed by atoms with van der Waals surface area (Å²) in [5.74, 6) is 1.42. The van der Waals surface area contributed by atoms with Crippen LogP contribution in [0, 0.1) is 10.8 Å². The number of carbonyl (C=O) groups is 3. The van der Waals surface area contributed by atoms with Gasteiger partial charge < -0.3 is 24.8 Å². The van der Waals surface area contributed by atoms with Gasteiger partial charge in [-0.15, -0.1) is 0 Å². The maximum Gasteiger partial charge on any atom is 0.412 e. The van der Waals surface area contributed by atoms with E-state index >= 15 is 0 Å². The largest absolute Gasteiger partial charge is 0.497 e. The maximum absolute atomic E-state index is 12.9. The van der Waals surface area contributed by atoms with Crippen molar-refractivity contribution < 1.29 is 28.6 Å². The Balaban J connectivity index is 0.000000286. The molecule has 10 heteroatoms. The highest BCUT2D eigenvalue weighted by molar-refractivity contribution is 9.10. The molecule has 0 bridgehead atoms. The normalized spacial score (nSPS) is 11.4. The summed E-state index contributed by atoms with van der Waals surface area (Å²) in [5.41, 5.74) is 3.03. The fraction of sp³-hybridized carbons (Fsp3) is 0.341. The Morgan fingerprint density at radius 3 is 1.37 bits per heavy atom. The average Bonchev–Trinajstić information content (AvgIpc) is 3.04. The molecule has 0 heterocycles. The summed E-state index contributed by atoms with van der Waals surface area (Å²) < 4.78 is 16.9. The topological polar surface area (TPSA) is 115 Å². The number of rotatable bonds is 9. The van der Waals surface area contributed by atoms with Gasteiger partial charge in [-0.25, -0.2) is 4.79 Å². The average molecular weight is 761 g/mol. The van der Waals surface area contributed by atoms with E-state index in [-0.39, 0.29) is 11.6 Å². The van der Waals surface area contributed by atoms with E-state index in [0.29, 0.717) is 39.7 Å². The summed E-state index contributed by atoms with van der Waals surface area (Å²) >= 11 is 3.51. The monoisotopic (exact) mass is 759 g/mol. The van der Waals surface area contributed by atoms with Gasteiger partial charge in [-0.2, -0.15) is 0 Å². The number of hydrogen-bond donors (Lipinski definition) is 3. The van der Waals surface area contributed by atoms with Gasteiger partial charge in [0.15, 0.2) is 11.6 Å². The van der Waals surface area contributed by atoms with Crippen molar-refractivity contribution in [3.05, 3.63) is 101 Å². The SMILES string of the molecule is COc1ccc(C(=O)C(C)(C)C)c(Nc2ccccc2Br)c1.COc1ccc(C(=O)C(C)(C)C)c(Nc2ccccc2NC(=O)OC(C)(C)C)c1. The summed E-state index contributed by atoms with van der Waals surface area (Å²) in [4.78, 5) is 37.8. The maximum atomic E-state index is 12.9. The van der Waals surface area contributed by atoms with Gasteiger partial charge in [-0.05, 0) is 85.2 Å². The minimum atomic E-state index is -0.606. The van der Waals surface area contributed by atoms with Crippen LogP contribution >= 0.6 is 15.9 Å². The molecule has 0 saturated heterocycles. The summed E-state index contributed by atoms with van der Waals surface area (Å²) in [7, 11) is 3.19. The summed E-state index contributed by atoms with van der Waals surface area (Å²) in [6.07, 6.45) is -0.552. The fourth-order valence-electron chi connectivity index (χ4n) is 4.68. The summed E-state index contributed by atoms with van der Waals surface area (Å²) in [5, 5.41) is 9.34. The number of anilines is 5. The second-order valence-electron chi connectivity index (χ2n) is 14.9. The molecule has 51 heavy (non-hydrogen) atoms. The van der Waals surface area contributed by atoms with Crippen LogP contribution in [0.4, 0.5) is 33.2 Å². The molecule has 0 spiro atoms. The Kier molecular flexibility index (Phi) is 13.5. The number of Topliss-reactive ketones (excluding diaryl/α,β-unsaturated/α-hetero) is 2. The first-order chi connectivity index (χ1) is 23.7. The predicted octanol–water partition coefficient (Wildman–Crippen LogP) is 11.4. The molecule has 0 unspecified atom stereocenters. The van der Waals surface area contributed by atoms with Crippen LogP contribution in [-0.4, -0.2) is 37.5 Å². The van der Waals surface area contributed by atoms with Crippen molar-refractivity contribution in [2.24, 2.45) is 10.8 Å². The fourth-order valence-corrected chi connectivity index (χ4v) is 5.06. The molecular weight excluding hydrogens is 710 g/mol. The highest BCUT2D eigenvalue weighted by Gasteiger charge is 2.27. The predicted molar refractivity (Wildman–Crippen MR) is 211 cm³/mol. The van der Waals surface area contributed by atoms with Crippen molar-refractivity contribution in [3.8, 4) is 11.5 Å². The van der Waals surface area contributed by atoms with Crippen LogP contribution in [-0.2, 0) is 4.74 Å². The first kappa shape index (κ1) is 40.6. The van der Waals surface area contributed by atoms with Crippen molar-refractivity contribution in [2.45, 2.75) is 67.9 Å². The third kappa shape index (κ3) is 11.9. The standard InChI is InChI=1S/C23H30N2O4.C18H20BrNO2/c1-22(2,3)20(26)16-13-12-15(28-7)14-19(16)24-17-10-8-9-11-18(17)25-21(27)29-23(4,5)6;1-18(2,3)17(21)13-10-9-12(22-4)11-16(13)20-15-8-6-5-7-14(15)19/h8-14,24H,1-7H3,(H,25,27);5-11,20H,1-4H3. The molecule has 0 radical (unpaired) electrons. The number of halogens is 1. The van der Waals surface area contributed by atoms with Crippen LogP contribution < -0.4 is 25.4 Å². The van der Waals surface area contributed by atoms with E-state index < -0.39 is 22.5 Å². The molecule has 3 N–H and O–H groups in total. The van der Waals surface area contributed by atoms with Crippen LogP contribution in [0.1, 0.15) is 83.0 Å². The van der Waals surface area contributed by atoms with Gasteiger partial charge in [0.1, 0.15) is 17.1 Å². The molecule has 1 amide bonds. The second kappa shape index (κ2) is 16.9. The Hall–Kier alpha value is -4.83. The molecule has 0 aliphatic carbocycles. The molecule has 4 aromatic rings. The lowest BCUT2D eigenvalue weighted by atomic mass is 9.86. The minimum absolute atomic E-state index is 0.000218. The number of ketones is 2. The number of ether oxygens (including phenoxy) is 3. The van der Waals surface area contributed by atoms with Crippen LogP contribution in [0.25, 0.3) is 0 Å². The van der Waals surface area contributed by atoms with Gasteiger partial charge in [0.05, 0.1) is 42.7 Å². The van der Waals surface area contributed by atoms with Crippen molar-refractivity contribution in [2.75, 3.05) is 30.2 Å². The van der Waals surface area contributed by atoms with E-state index in [1.807, 2.05) is 102 Å². The number of hydrogen-bond acceptors (Lipinski definition) is 8. The Labute approximate surface area is 310 Å². The molecule has 9 nitrogen and oxygen atoms in total. The first-order valence-electron chi connectivity index (χ1n) is 16.6. The zero-order valence-corrected chi connectivity index (χ0v) is 33.0. The van der Waals surface area contributed by atoms with Crippen LogP contribution in [0.3, 0.4) is 0 Å². The van der Waals surface area contributed by atoms with Gasteiger partial charge in [0.25, 0.3) is 0 Å². The number of nitrogens with one attached hydrogen (secondary N) is 3. The van der Waals surface area contributed by atoms with E-state index in [0.717, 1.165) is 15.8 Å². The van der Waals surface area contributed by atoms with Gasteiger partial charge >= 0.3 is 6.09 Å². The zero-order valence-electron chi connectivity index (χ0n) is 31.4. The van der Waals surface area contributed by atoms with E-state index in [2.05, 4.69) is 31.9 Å². The Bertz CT molecular complexity index is 1850. The number of para-hydroxylation sites is 3. The number of carbonyl (C=O) groups excluding carboxylic acids is 3. The van der Waals surface area contributed by atoms with Gasteiger partial charge in [-0.1, -0.05) is 65.8 Å². The smallest absolute Gasteiger partial charge is 0.412 e. The second-order valence-corrected chi connectivity index (χ2v) is 15.7. The molecule has 0 fully saturated rings. The van der Waals surface area contributed by atoms with E-state index in [1.165, 1.54) is 0 Å². The van der Waals surface area contributed by atoms with Gasteiger partial charge in [0, 0.05) is 38.6 Å². The quantitative estimate of drug-likeness (QED) is 0.144. The van der Waals surface area contributed by atoms with Crippen LogP contribution in [0.15, 0.2) is 89.4 Å². The number of amides is 1. The molecule has 272 valence electrons. The van der Waals surface area contributed by atoms with Crippen LogP contribution in [0.5, 0.6) is 11.5 Å². The lowest BCUT2D eigenvalue weighted by Gasteiger charge is -2.22. The minimum Gasteiger partial charge on any atom is -0.497 e. The lowest BCUT2D eigenvalue weighted by Crippen LogP contribution is -2.27. The van der Waals surface area contributed by atoms with Gasteiger partial charge in [-0.3, -0.25) is 14.9 Å².